The summed E-state index contributed by atoms with van der Waals surface area (Å²) in [6, 6.07) is 0.517. The Hall–Kier alpha value is -1.52. The molecule has 1 saturated carbocycles. The first-order valence-electron chi connectivity index (χ1n) is 6.07. The zero-order chi connectivity index (χ0) is 12.4. The zero-order valence-corrected chi connectivity index (χ0v) is 10.7. The van der Waals surface area contributed by atoms with Crippen molar-refractivity contribution in [1.29, 1.82) is 0 Å². The first kappa shape index (κ1) is 12.0. The third-order valence-corrected chi connectivity index (χ3v) is 2.66. The summed E-state index contributed by atoms with van der Waals surface area (Å²) < 4.78 is 5.19. The molecule has 0 bridgehead atoms. The van der Waals surface area contributed by atoms with Crippen LogP contribution in [-0.4, -0.2) is 23.1 Å². The smallest absolute Gasteiger partial charge is 0.242 e. The van der Waals surface area contributed by atoms with E-state index in [-0.39, 0.29) is 0 Å². The molecule has 1 heterocycles. The number of nitrogens with two attached hydrogens (primary N) is 1. The van der Waals surface area contributed by atoms with Crippen LogP contribution in [-0.2, 0) is 6.42 Å². The third kappa shape index (κ3) is 2.99. The average Bonchev–Trinajstić information content (AvgIpc) is 3.05. The predicted molar refractivity (Wildman–Crippen MR) is 68.2 cm³/mol. The van der Waals surface area contributed by atoms with Crippen LogP contribution >= 0.6 is 0 Å². The van der Waals surface area contributed by atoms with Gasteiger partial charge in [-0.3, -0.25) is 0 Å². The maximum atomic E-state index is 5.96. The van der Waals surface area contributed by atoms with E-state index in [0.29, 0.717) is 23.5 Å². The lowest BCUT2D eigenvalue weighted by atomic mass is 10.1. The Labute approximate surface area is 102 Å². The minimum Gasteiger partial charge on any atom is -0.479 e. The molecule has 0 saturated heterocycles. The number of rotatable bonds is 5. The Morgan fingerprint density at radius 3 is 2.65 bits per heavy atom. The molecule has 0 spiro atoms. The summed E-state index contributed by atoms with van der Waals surface area (Å²) in [5.41, 5.74) is 6.46. The Balaban J connectivity index is 2.27. The Morgan fingerprint density at radius 1 is 1.41 bits per heavy atom. The molecule has 0 amide bonds. The summed E-state index contributed by atoms with van der Waals surface area (Å²) in [4.78, 5) is 8.79. The molecular formula is C12H20N4O. The van der Waals surface area contributed by atoms with Crippen LogP contribution in [0.25, 0.3) is 0 Å². The normalized spacial score (nSPS) is 15.1. The topological polar surface area (TPSA) is 73.1 Å². The first-order valence-corrected chi connectivity index (χ1v) is 6.07. The molecule has 17 heavy (non-hydrogen) atoms. The van der Waals surface area contributed by atoms with Crippen molar-refractivity contribution in [1.82, 2.24) is 9.97 Å². The molecule has 0 aliphatic heterocycles. The van der Waals surface area contributed by atoms with Crippen LogP contribution in [0.15, 0.2) is 0 Å². The van der Waals surface area contributed by atoms with Gasteiger partial charge in [0.05, 0.1) is 7.11 Å². The van der Waals surface area contributed by atoms with Gasteiger partial charge in [0, 0.05) is 12.5 Å². The van der Waals surface area contributed by atoms with Gasteiger partial charge in [-0.2, -0.15) is 4.98 Å². The van der Waals surface area contributed by atoms with Crippen LogP contribution in [0, 0.1) is 5.92 Å². The van der Waals surface area contributed by atoms with Gasteiger partial charge in [0.25, 0.3) is 0 Å². The highest BCUT2D eigenvalue weighted by atomic mass is 16.5. The number of methoxy groups -OCH3 is 1. The number of ether oxygens (including phenoxy) is 1. The van der Waals surface area contributed by atoms with E-state index in [1.807, 2.05) is 0 Å². The molecule has 0 unspecified atom stereocenters. The van der Waals surface area contributed by atoms with Crippen LogP contribution < -0.4 is 15.8 Å². The van der Waals surface area contributed by atoms with Gasteiger partial charge < -0.3 is 15.8 Å². The molecule has 1 aromatic heterocycles. The van der Waals surface area contributed by atoms with E-state index in [9.17, 15) is 0 Å². The van der Waals surface area contributed by atoms with Crippen LogP contribution in [0.1, 0.15) is 32.5 Å². The summed E-state index contributed by atoms with van der Waals surface area (Å²) in [6.45, 7) is 4.28. The molecule has 1 fully saturated rings. The fourth-order valence-electron chi connectivity index (χ4n) is 1.64. The highest BCUT2D eigenvalue weighted by Crippen LogP contribution is 2.31. The SMILES string of the molecule is COc1nc(CC(C)C)nc(NC2CC2)c1N. The minimum absolute atomic E-state index is 0.471. The highest BCUT2D eigenvalue weighted by Gasteiger charge is 2.24. The van der Waals surface area contributed by atoms with Gasteiger partial charge in [-0.25, -0.2) is 4.98 Å². The monoisotopic (exact) mass is 236 g/mol. The fourth-order valence-corrected chi connectivity index (χ4v) is 1.64. The molecule has 2 rings (SSSR count). The van der Waals surface area contributed by atoms with E-state index in [2.05, 4.69) is 29.1 Å². The summed E-state index contributed by atoms with van der Waals surface area (Å²) in [5.74, 6) is 2.49. The molecule has 94 valence electrons. The zero-order valence-electron chi connectivity index (χ0n) is 10.7. The average molecular weight is 236 g/mol. The number of nitrogen functional groups attached to an aromatic ring is 1. The van der Waals surface area contributed by atoms with E-state index in [1.165, 1.54) is 12.8 Å². The van der Waals surface area contributed by atoms with Crippen molar-refractivity contribution in [3.05, 3.63) is 5.82 Å². The van der Waals surface area contributed by atoms with E-state index in [1.54, 1.807) is 7.11 Å². The standard InChI is InChI=1S/C12H20N4O/c1-7(2)6-9-15-11(14-8-4-5-8)10(13)12(16-9)17-3/h7-8H,4-6,13H2,1-3H3,(H,14,15,16). The molecule has 0 radical (unpaired) electrons. The molecule has 1 aliphatic carbocycles. The molecule has 3 N–H and O–H groups in total. The number of nitrogens with zero attached hydrogens (tertiary/aromatic N) is 2. The third-order valence-electron chi connectivity index (χ3n) is 2.66. The van der Waals surface area contributed by atoms with Crippen molar-refractivity contribution in [2.45, 2.75) is 39.2 Å². The van der Waals surface area contributed by atoms with E-state index >= 15 is 0 Å². The number of hydrogen-bond acceptors (Lipinski definition) is 5. The summed E-state index contributed by atoms with van der Waals surface area (Å²) in [7, 11) is 1.58. The second kappa shape index (κ2) is 4.77. The lowest BCUT2D eigenvalue weighted by molar-refractivity contribution is 0.396. The summed E-state index contributed by atoms with van der Waals surface area (Å²) in [5, 5.41) is 3.32. The number of anilines is 2. The van der Waals surface area contributed by atoms with Crippen molar-refractivity contribution in [2.24, 2.45) is 5.92 Å². The van der Waals surface area contributed by atoms with E-state index in [4.69, 9.17) is 10.5 Å². The van der Waals surface area contributed by atoms with Crippen molar-refractivity contribution < 1.29 is 4.74 Å². The Bertz CT molecular complexity index is 402. The van der Waals surface area contributed by atoms with E-state index < -0.39 is 0 Å². The van der Waals surface area contributed by atoms with Crippen LogP contribution in [0.3, 0.4) is 0 Å². The number of aromatic nitrogens is 2. The molecule has 0 aromatic carbocycles. The minimum atomic E-state index is 0.471. The van der Waals surface area contributed by atoms with Crippen LogP contribution in [0.4, 0.5) is 11.5 Å². The maximum absolute atomic E-state index is 5.96. The van der Waals surface area contributed by atoms with Gasteiger partial charge in [0.1, 0.15) is 11.5 Å². The van der Waals surface area contributed by atoms with E-state index in [0.717, 1.165) is 18.1 Å². The Morgan fingerprint density at radius 2 is 2.12 bits per heavy atom. The molecule has 1 aliphatic rings. The summed E-state index contributed by atoms with van der Waals surface area (Å²) in [6.07, 6.45) is 3.20. The van der Waals surface area contributed by atoms with Gasteiger partial charge in [-0.15, -0.1) is 0 Å². The van der Waals surface area contributed by atoms with Gasteiger partial charge in [-0.1, -0.05) is 13.8 Å². The number of hydrogen-bond donors (Lipinski definition) is 2. The van der Waals surface area contributed by atoms with Crippen LogP contribution in [0.5, 0.6) is 5.88 Å². The molecule has 5 heteroatoms. The molecule has 5 nitrogen and oxygen atoms in total. The van der Waals surface area contributed by atoms with Gasteiger partial charge in [0.2, 0.25) is 5.88 Å². The van der Waals surface area contributed by atoms with Crippen molar-refractivity contribution in [2.75, 3.05) is 18.2 Å². The second-order valence-electron chi connectivity index (χ2n) is 4.93. The quantitative estimate of drug-likeness (QED) is 0.816. The van der Waals surface area contributed by atoms with Crippen molar-refractivity contribution >= 4 is 11.5 Å². The predicted octanol–water partition coefficient (Wildman–Crippen LogP) is 1.84. The Kier molecular flexibility index (Phi) is 3.36. The van der Waals surface area contributed by atoms with Crippen molar-refractivity contribution in [3.8, 4) is 5.88 Å². The maximum Gasteiger partial charge on any atom is 0.242 e. The van der Waals surface area contributed by atoms with Crippen molar-refractivity contribution in [3.63, 3.8) is 0 Å². The lowest BCUT2D eigenvalue weighted by Gasteiger charge is -2.13. The molecular weight excluding hydrogens is 216 g/mol. The first-order chi connectivity index (χ1) is 8.10. The second-order valence-corrected chi connectivity index (χ2v) is 4.93. The molecule has 0 atom stereocenters. The summed E-state index contributed by atoms with van der Waals surface area (Å²) >= 11 is 0. The van der Waals surface area contributed by atoms with Crippen LogP contribution in [0.2, 0.25) is 0 Å². The van der Waals surface area contributed by atoms with Gasteiger partial charge in [0.15, 0.2) is 5.82 Å². The lowest BCUT2D eigenvalue weighted by Crippen LogP contribution is -2.12. The van der Waals surface area contributed by atoms with Gasteiger partial charge in [-0.05, 0) is 18.8 Å². The highest BCUT2D eigenvalue weighted by molar-refractivity contribution is 5.67. The molecule has 1 aromatic rings. The largest absolute Gasteiger partial charge is 0.479 e. The number of nitrogens with one attached hydrogen (secondary N) is 1. The van der Waals surface area contributed by atoms with Gasteiger partial charge >= 0.3 is 0 Å². The fraction of sp³-hybridized carbons (Fsp3) is 0.667.